The lowest BCUT2D eigenvalue weighted by Crippen LogP contribution is -2.33. The topological polar surface area (TPSA) is 36.8 Å². The molecule has 1 aliphatic heterocycles. The van der Waals surface area contributed by atoms with Crippen molar-refractivity contribution >= 4 is 28.3 Å². The minimum absolute atomic E-state index is 0.259. The van der Waals surface area contributed by atoms with Gasteiger partial charge in [0.25, 0.3) is 0 Å². The van der Waals surface area contributed by atoms with E-state index in [9.17, 15) is 13.2 Å². The second kappa shape index (κ2) is 3.67. The van der Waals surface area contributed by atoms with Gasteiger partial charge in [-0.25, -0.2) is 0 Å². The Morgan fingerprint density at radius 1 is 1.58 bits per heavy atom. The molecule has 68 valence electrons. The molecule has 0 saturated heterocycles. The molecule has 1 heterocycles. The number of azo groups is 1. The molecule has 0 aromatic carbocycles. The van der Waals surface area contributed by atoms with Gasteiger partial charge in [0.15, 0.2) is 9.82 Å². The van der Waals surface area contributed by atoms with Gasteiger partial charge < -0.3 is 0 Å². The maximum atomic E-state index is 11.6. The third-order valence-electron chi connectivity index (χ3n) is 0.934. The second-order valence-electron chi connectivity index (χ2n) is 1.95. The number of hydrogen-bond acceptors (Lipinski definition) is 4. The van der Waals surface area contributed by atoms with Gasteiger partial charge in [0.2, 0.25) is 0 Å². The van der Waals surface area contributed by atoms with Crippen LogP contribution in [0, 0.1) is 0 Å². The van der Waals surface area contributed by atoms with Crippen LogP contribution in [0.15, 0.2) is 10.2 Å². The summed E-state index contributed by atoms with van der Waals surface area (Å²) < 4.78 is 35.1. The number of alkyl halides is 3. The number of rotatable bonds is 2. The first-order chi connectivity index (χ1) is 5.47. The molecule has 0 aromatic heterocycles. The Kier molecular flexibility index (Phi) is 3.02. The van der Waals surface area contributed by atoms with E-state index >= 15 is 0 Å². The lowest BCUT2D eigenvalue weighted by atomic mass is 10.6. The summed E-state index contributed by atoms with van der Waals surface area (Å²) in [6.07, 6.45) is -4.22. The van der Waals surface area contributed by atoms with E-state index in [2.05, 4.69) is 27.8 Å². The number of thioether (sulfide) groups is 1. The van der Waals surface area contributed by atoms with Crippen LogP contribution in [0.3, 0.4) is 0 Å². The number of nitrogens with zero attached hydrogens (tertiary/aromatic N) is 2. The standard InChI is InChI=1S/C4H4F3N3S2/c5-4(6,7)1-8-2-9-10-3(11)12-2/h2,8H,1H2. The predicted molar refractivity (Wildman–Crippen MR) is 42.9 cm³/mol. The molecule has 0 fully saturated rings. The van der Waals surface area contributed by atoms with E-state index in [1.54, 1.807) is 0 Å². The Hall–Kier alpha value is -0.210. The number of halogens is 3. The highest BCUT2D eigenvalue weighted by Gasteiger charge is 2.29. The SMILES string of the molecule is FC(F)(F)CNC1N=NC(=S)S1. The van der Waals surface area contributed by atoms with Crippen LogP contribution in [0.5, 0.6) is 0 Å². The zero-order chi connectivity index (χ0) is 9.19. The molecule has 3 nitrogen and oxygen atoms in total. The van der Waals surface area contributed by atoms with Crippen molar-refractivity contribution in [2.45, 2.75) is 11.7 Å². The monoisotopic (exact) mass is 215 g/mol. The van der Waals surface area contributed by atoms with Gasteiger partial charge in [-0.2, -0.15) is 18.3 Å². The Balaban J connectivity index is 2.26. The summed E-state index contributed by atoms with van der Waals surface area (Å²) in [7, 11) is 0. The van der Waals surface area contributed by atoms with Crippen LogP contribution in [0.25, 0.3) is 0 Å². The Bertz CT molecular complexity index is 214. The molecule has 1 aliphatic rings. The van der Waals surface area contributed by atoms with E-state index in [4.69, 9.17) is 0 Å². The van der Waals surface area contributed by atoms with Crippen molar-refractivity contribution in [1.29, 1.82) is 0 Å². The normalized spacial score (nSPS) is 23.6. The molecule has 0 aromatic rings. The van der Waals surface area contributed by atoms with E-state index in [0.717, 1.165) is 11.8 Å². The van der Waals surface area contributed by atoms with Crippen LogP contribution in [0.1, 0.15) is 0 Å². The van der Waals surface area contributed by atoms with Gasteiger partial charge in [-0.15, -0.1) is 5.11 Å². The molecule has 1 unspecified atom stereocenters. The number of hydrogen-bond donors (Lipinski definition) is 1. The molecule has 1 rings (SSSR count). The molecule has 0 radical (unpaired) electrons. The summed E-state index contributed by atoms with van der Waals surface area (Å²) in [4.78, 5) is 0. The molecular formula is C4H4F3N3S2. The molecule has 12 heavy (non-hydrogen) atoms. The predicted octanol–water partition coefficient (Wildman–Crippen LogP) is 1.91. The van der Waals surface area contributed by atoms with Gasteiger partial charge in [-0.1, -0.05) is 0 Å². The highest BCUT2D eigenvalue weighted by atomic mass is 32.2. The molecule has 1 N–H and O–H groups in total. The van der Waals surface area contributed by atoms with Gasteiger partial charge in [0, 0.05) is 0 Å². The average molecular weight is 215 g/mol. The van der Waals surface area contributed by atoms with Gasteiger partial charge in [-0.3, -0.25) is 5.32 Å². The fourth-order valence-electron chi connectivity index (χ4n) is 0.528. The summed E-state index contributed by atoms with van der Waals surface area (Å²) >= 11 is 5.58. The summed E-state index contributed by atoms with van der Waals surface area (Å²) in [6.45, 7) is -1.08. The van der Waals surface area contributed by atoms with E-state index in [1.165, 1.54) is 0 Å². The first-order valence-corrected chi connectivity index (χ1v) is 4.18. The summed E-state index contributed by atoms with van der Waals surface area (Å²) in [5, 5.41) is 9.01. The molecule has 0 spiro atoms. The second-order valence-corrected chi connectivity index (χ2v) is 3.66. The smallest absolute Gasteiger partial charge is 0.277 e. The van der Waals surface area contributed by atoms with Crippen molar-refractivity contribution in [3.63, 3.8) is 0 Å². The van der Waals surface area contributed by atoms with Crippen molar-refractivity contribution in [3.8, 4) is 0 Å². The fraction of sp³-hybridized carbons (Fsp3) is 0.750. The van der Waals surface area contributed by atoms with Crippen molar-refractivity contribution in [1.82, 2.24) is 5.32 Å². The highest BCUT2D eigenvalue weighted by molar-refractivity contribution is 8.23. The lowest BCUT2D eigenvalue weighted by molar-refractivity contribution is -0.125. The minimum atomic E-state index is -4.22. The molecule has 0 amide bonds. The fourth-order valence-corrected chi connectivity index (χ4v) is 1.39. The van der Waals surface area contributed by atoms with E-state index in [1.807, 2.05) is 0 Å². The summed E-state index contributed by atoms with van der Waals surface area (Å²) in [6, 6.07) is 0. The van der Waals surface area contributed by atoms with E-state index < -0.39 is 18.2 Å². The zero-order valence-electron chi connectivity index (χ0n) is 5.63. The van der Waals surface area contributed by atoms with Crippen LogP contribution < -0.4 is 5.32 Å². The average Bonchev–Trinajstić information content (AvgIpc) is 2.30. The number of thiocarbonyl (C=S) groups is 1. The van der Waals surface area contributed by atoms with E-state index in [-0.39, 0.29) is 4.32 Å². The Morgan fingerprint density at radius 3 is 2.67 bits per heavy atom. The largest absolute Gasteiger partial charge is 0.401 e. The van der Waals surface area contributed by atoms with Gasteiger partial charge in [0.05, 0.1) is 6.54 Å². The Morgan fingerprint density at radius 2 is 2.25 bits per heavy atom. The Labute approximate surface area is 75.8 Å². The number of nitrogens with one attached hydrogen (secondary N) is 1. The van der Waals surface area contributed by atoms with Gasteiger partial charge in [0.1, 0.15) is 0 Å². The highest BCUT2D eigenvalue weighted by Crippen LogP contribution is 2.22. The molecular weight excluding hydrogens is 211 g/mol. The van der Waals surface area contributed by atoms with Gasteiger partial charge >= 0.3 is 6.18 Å². The van der Waals surface area contributed by atoms with Crippen LogP contribution in [-0.2, 0) is 0 Å². The van der Waals surface area contributed by atoms with Crippen molar-refractivity contribution in [2.75, 3.05) is 6.54 Å². The maximum absolute atomic E-state index is 11.6. The quantitative estimate of drug-likeness (QED) is 0.715. The zero-order valence-corrected chi connectivity index (χ0v) is 7.26. The first kappa shape index (κ1) is 9.87. The molecule has 0 aliphatic carbocycles. The van der Waals surface area contributed by atoms with Crippen LogP contribution in [0.4, 0.5) is 13.2 Å². The van der Waals surface area contributed by atoms with Crippen LogP contribution in [0.2, 0.25) is 0 Å². The van der Waals surface area contributed by atoms with Crippen molar-refractivity contribution < 1.29 is 13.2 Å². The van der Waals surface area contributed by atoms with E-state index in [0.29, 0.717) is 0 Å². The molecule has 0 bridgehead atoms. The van der Waals surface area contributed by atoms with Crippen LogP contribution in [-0.4, -0.2) is 22.5 Å². The lowest BCUT2D eigenvalue weighted by Gasteiger charge is -2.09. The molecule has 0 saturated carbocycles. The van der Waals surface area contributed by atoms with Gasteiger partial charge in [-0.05, 0) is 24.0 Å². The molecule has 1 atom stereocenters. The third kappa shape index (κ3) is 3.46. The van der Waals surface area contributed by atoms with Crippen molar-refractivity contribution in [2.24, 2.45) is 10.2 Å². The maximum Gasteiger partial charge on any atom is 0.401 e. The third-order valence-corrected chi connectivity index (χ3v) is 2.07. The van der Waals surface area contributed by atoms with Crippen LogP contribution >= 0.6 is 24.0 Å². The summed E-state index contributed by atoms with van der Waals surface area (Å²) in [5.41, 5.74) is -0.681. The summed E-state index contributed by atoms with van der Waals surface area (Å²) in [5.74, 6) is 0. The first-order valence-electron chi connectivity index (χ1n) is 2.89. The molecule has 8 heteroatoms. The minimum Gasteiger partial charge on any atom is -0.277 e. The van der Waals surface area contributed by atoms with Crippen molar-refractivity contribution in [3.05, 3.63) is 0 Å².